The summed E-state index contributed by atoms with van der Waals surface area (Å²) in [6.07, 6.45) is 1.18. The van der Waals surface area contributed by atoms with Crippen LogP contribution in [0.1, 0.15) is 19.4 Å². The van der Waals surface area contributed by atoms with E-state index in [4.69, 9.17) is 4.74 Å². The van der Waals surface area contributed by atoms with Gasteiger partial charge in [0.15, 0.2) is 0 Å². The Kier molecular flexibility index (Phi) is 3.19. The highest BCUT2D eigenvalue weighted by molar-refractivity contribution is 5.84. The number of benzene rings is 2. The molecule has 2 aromatic rings. The van der Waals surface area contributed by atoms with Crippen LogP contribution < -0.4 is 0 Å². The van der Waals surface area contributed by atoms with E-state index >= 15 is 0 Å². The summed E-state index contributed by atoms with van der Waals surface area (Å²) in [4.78, 5) is 11.3. The maximum Gasteiger partial charge on any atom is 0.331 e. The molecular formula is C16H16O2. The van der Waals surface area contributed by atoms with Gasteiger partial charge in [0.2, 0.25) is 0 Å². The first-order valence-corrected chi connectivity index (χ1v) is 5.87. The number of hydrogen-bond donors (Lipinski definition) is 0. The first-order valence-electron chi connectivity index (χ1n) is 5.87. The molecule has 0 radical (unpaired) electrons. The number of hydrogen-bond acceptors (Lipinski definition) is 2. The first kappa shape index (κ1) is 12.4. The highest BCUT2D eigenvalue weighted by Crippen LogP contribution is 2.28. The van der Waals surface area contributed by atoms with E-state index in [0.29, 0.717) is 0 Å². The van der Waals surface area contributed by atoms with Gasteiger partial charge in [-0.05, 0) is 36.2 Å². The molecule has 2 nitrogen and oxygen atoms in total. The minimum absolute atomic E-state index is 0.409. The molecule has 0 N–H and O–H groups in total. The summed E-state index contributed by atoms with van der Waals surface area (Å²) in [6, 6.07) is 14.2. The third kappa shape index (κ3) is 2.43. The van der Waals surface area contributed by atoms with Crippen LogP contribution in [0.2, 0.25) is 0 Å². The fourth-order valence-electron chi connectivity index (χ4n) is 1.92. The molecule has 0 aliphatic heterocycles. The van der Waals surface area contributed by atoms with Gasteiger partial charge in [0.05, 0.1) is 0 Å². The molecule has 2 heteroatoms. The smallest absolute Gasteiger partial charge is 0.331 e. The van der Waals surface area contributed by atoms with Crippen molar-refractivity contribution in [3.8, 4) is 0 Å². The third-order valence-electron chi connectivity index (χ3n) is 2.97. The van der Waals surface area contributed by atoms with Crippen LogP contribution in [0, 0.1) is 0 Å². The Morgan fingerprint density at radius 2 is 1.83 bits per heavy atom. The Balaban J connectivity index is 2.40. The first-order chi connectivity index (χ1) is 8.53. The molecule has 0 amide bonds. The maximum absolute atomic E-state index is 11.3. The molecule has 2 aromatic carbocycles. The fourth-order valence-corrected chi connectivity index (χ4v) is 1.92. The number of fused-ring (bicyclic) bond motifs is 1. The van der Waals surface area contributed by atoms with E-state index in [2.05, 4.69) is 12.6 Å². The molecule has 0 aliphatic carbocycles. The quantitative estimate of drug-likeness (QED) is 0.602. The molecule has 2 rings (SSSR count). The molecule has 0 saturated carbocycles. The Morgan fingerprint density at radius 1 is 1.17 bits per heavy atom. The Hall–Kier alpha value is -2.09. The van der Waals surface area contributed by atoms with Crippen LogP contribution in [-0.2, 0) is 15.1 Å². The lowest BCUT2D eigenvalue weighted by Crippen LogP contribution is -2.24. The molecular weight excluding hydrogens is 224 g/mol. The number of ether oxygens (including phenoxy) is 1. The van der Waals surface area contributed by atoms with E-state index in [9.17, 15) is 4.79 Å². The number of carbonyl (C=O) groups excluding carboxylic acids is 1. The van der Waals surface area contributed by atoms with Crippen LogP contribution in [0.25, 0.3) is 10.8 Å². The van der Waals surface area contributed by atoms with Crippen molar-refractivity contribution in [3.05, 3.63) is 60.7 Å². The van der Waals surface area contributed by atoms with Gasteiger partial charge < -0.3 is 4.74 Å². The van der Waals surface area contributed by atoms with Gasteiger partial charge in [-0.15, -0.1) is 0 Å². The summed E-state index contributed by atoms with van der Waals surface area (Å²) in [6.45, 7) is 7.16. The molecule has 0 unspecified atom stereocenters. The molecule has 0 saturated heterocycles. The molecule has 0 aliphatic rings. The number of carbonyl (C=O) groups is 1. The summed E-state index contributed by atoms with van der Waals surface area (Å²) in [5, 5.41) is 2.31. The van der Waals surface area contributed by atoms with Crippen molar-refractivity contribution in [1.29, 1.82) is 0 Å². The number of rotatable bonds is 3. The predicted molar refractivity (Wildman–Crippen MR) is 73.3 cm³/mol. The predicted octanol–water partition coefficient (Wildman–Crippen LogP) is 3.80. The fraction of sp³-hybridized carbons (Fsp3) is 0.188. The summed E-state index contributed by atoms with van der Waals surface area (Å²) >= 11 is 0. The minimum atomic E-state index is -0.657. The van der Waals surface area contributed by atoms with Crippen molar-refractivity contribution in [3.63, 3.8) is 0 Å². The molecule has 0 bridgehead atoms. The Bertz CT molecular complexity index is 597. The van der Waals surface area contributed by atoms with Gasteiger partial charge in [0, 0.05) is 6.08 Å². The normalized spacial score (nSPS) is 11.2. The van der Waals surface area contributed by atoms with E-state index in [1.165, 1.54) is 11.5 Å². The molecule has 0 spiro atoms. The van der Waals surface area contributed by atoms with Gasteiger partial charge in [-0.2, -0.15) is 0 Å². The zero-order chi connectivity index (χ0) is 13.2. The molecule has 92 valence electrons. The summed E-state index contributed by atoms with van der Waals surface area (Å²) in [7, 11) is 0. The standard InChI is InChI=1S/C16H16O2/c1-4-15(17)18-16(2,3)14-10-9-12-7-5-6-8-13(12)11-14/h4-11H,1H2,2-3H3. The molecule has 0 heterocycles. The minimum Gasteiger partial charge on any atom is -0.452 e. The van der Waals surface area contributed by atoms with Crippen molar-refractivity contribution in [2.75, 3.05) is 0 Å². The zero-order valence-corrected chi connectivity index (χ0v) is 10.6. The largest absolute Gasteiger partial charge is 0.452 e. The van der Waals surface area contributed by atoms with E-state index in [-0.39, 0.29) is 0 Å². The van der Waals surface area contributed by atoms with Crippen molar-refractivity contribution in [2.45, 2.75) is 19.4 Å². The summed E-state index contributed by atoms with van der Waals surface area (Å²) in [5.74, 6) is -0.409. The highest BCUT2D eigenvalue weighted by atomic mass is 16.6. The summed E-state index contributed by atoms with van der Waals surface area (Å²) in [5.41, 5.74) is 0.311. The van der Waals surface area contributed by atoms with Crippen molar-refractivity contribution >= 4 is 16.7 Å². The number of esters is 1. The van der Waals surface area contributed by atoms with Crippen LogP contribution in [0.5, 0.6) is 0 Å². The average molecular weight is 240 g/mol. The topological polar surface area (TPSA) is 26.3 Å². The van der Waals surface area contributed by atoms with E-state index in [1.807, 2.05) is 50.2 Å². The van der Waals surface area contributed by atoms with Gasteiger partial charge in [-0.25, -0.2) is 4.79 Å². The molecule has 0 aromatic heterocycles. The van der Waals surface area contributed by atoms with E-state index in [1.54, 1.807) is 0 Å². The van der Waals surface area contributed by atoms with Crippen LogP contribution in [-0.4, -0.2) is 5.97 Å². The van der Waals surface area contributed by atoms with Crippen LogP contribution in [0.3, 0.4) is 0 Å². The second kappa shape index (κ2) is 4.65. The van der Waals surface area contributed by atoms with Gasteiger partial charge in [0.1, 0.15) is 5.60 Å². The zero-order valence-electron chi connectivity index (χ0n) is 10.6. The summed E-state index contributed by atoms with van der Waals surface area (Å²) < 4.78 is 5.36. The SMILES string of the molecule is C=CC(=O)OC(C)(C)c1ccc2ccccc2c1. The van der Waals surface area contributed by atoms with Gasteiger partial charge >= 0.3 is 5.97 Å². The van der Waals surface area contributed by atoms with Gasteiger partial charge in [-0.3, -0.25) is 0 Å². The van der Waals surface area contributed by atoms with Crippen LogP contribution >= 0.6 is 0 Å². The lowest BCUT2D eigenvalue weighted by atomic mass is 9.95. The molecule has 0 fully saturated rings. The molecule has 18 heavy (non-hydrogen) atoms. The van der Waals surface area contributed by atoms with Gasteiger partial charge in [0.25, 0.3) is 0 Å². The Morgan fingerprint density at radius 3 is 2.50 bits per heavy atom. The second-order valence-electron chi connectivity index (χ2n) is 4.70. The highest BCUT2D eigenvalue weighted by Gasteiger charge is 2.24. The van der Waals surface area contributed by atoms with E-state index in [0.717, 1.165) is 10.9 Å². The van der Waals surface area contributed by atoms with Crippen molar-refractivity contribution < 1.29 is 9.53 Å². The van der Waals surface area contributed by atoms with Crippen molar-refractivity contribution in [2.24, 2.45) is 0 Å². The van der Waals surface area contributed by atoms with Crippen LogP contribution in [0.4, 0.5) is 0 Å². The maximum atomic E-state index is 11.3. The van der Waals surface area contributed by atoms with Crippen molar-refractivity contribution in [1.82, 2.24) is 0 Å². The second-order valence-corrected chi connectivity index (χ2v) is 4.70. The van der Waals surface area contributed by atoms with Crippen LogP contribution in [0.15, 0.2) is 55.1 Å². The Labute approximate surface area is 107 Å². The lowest BCUT2D eigenvalue weighted by Gasteiger charge is -2.25. The third-order valence-corrected chi connectivity index (χ3v) is 2.97. The van der Waals surface area contributed by atoms with Gasteiger partial charge in [-0.1, -0.05) is 43.0 Å². The lowest BCUT2D eigenvalue weighted by molar-refractivity contribution is -0.151. The molecule has 0 atom stereocenters. The monoisotopic (exact) mass is 240 g/mol. The van der Waals surface area contributed by atoms with E-state index < -0.39 is 11.6 Å². The average Bonchev–Trinajstić information content (AvgIpc) is 2.37.